The van der Waals surface area contributed by atoms with E-state index < -0.39 is 123 Å². The van der Waals surface area contributed by atoms with Gasteiger partial charge >= 0.3 is 0 Å². The third kappa shape index (κ3) is 3.79. The summed E-state index contributed by atoms with van der Waals surface area (Å²) < 4.78 is 112. The van der Waals surface area contributed by atoms with Gasteiger partial charge < -0.3 is 9.47 Å². The van der Waals surface area contributed by atoms with Gasteiger partial charge in [0, 0.05) is 19.1 Å². The van der Waals surface area contributed by atoms with Crippen molar-refractivity contribution in [3.63, 3.8) is 0 Å². The predicted molar refractivity (Wildman–Crippen MR) is 145 cm³/mol. The standard InChI is InChI=1S/C30H20N2O6/c1-17-6-3-8-19(12-17)37-21-10-5-11-22(14-21)38-20-9-4-7-18(13-20)32-29(35)25-15-23-24(16-26(25)30(32)36)28(34)31(2)27(23)33/h3-16H,1-2H3/i3D,4D,5D,6D,7D,8D,9D,10D,11D,12D,13D,14D. The average Bonchev–Trinajstić information content (AvgIpc) is 3.45. The predicted octanol–water partition coefficient (Wildman–Crippen LogP) is 4.33. The average molecular weight is 517 g/mol. The Hall–Kier alpha value is -5.24. The van der Waals surface area contributed by atoms with E-state index in [-0.39, 0.29) is 27.1 Å². The fourth-order valence-corrected chi connectivity index (χ4v) is 3.86. The van der Waals surface area contributed by atoms with Crippen LogP contribution in [0.5, 0.6) is 23.0 Å². The first-order valence-electron chi connectivity index (χ1n) is 16.9. The monoisotopic (exact) mass is 516 g/mol. The summed E-state index contributed by atoms with van der Waals surface area (Å²) >= 11 is 0. The Morgan fingerprint density at radius 2 is 1.05 bits per heavy atom. The number of ether oxygens (including phenoxy) is 2. The summed E-state index contributed by atoms with van der Waals surface area (Å²) in [5, 5.41) is -0.992. The lowest BCUT2D eigenvalue weighted by Crippen LogP contribution is -2.23. The molecule has 2 heterocycles. The molecule has 8 nitrogen and oxygen atoms in total. The second kappa shape index (κ2) is 8.70. The Morgan fingerprint density at radius 1 is 0.605 bits per heavy atom. The van der Waals surface area contributed by atoms with E-state index in [2.05, 4.69) is 0 Å². The normalized spacial score (nSPS) is 15.7. The van der Waals surface area contributed by atoms with Crippen LogP contribution in [0.25, 0.3) is 27.2 Å². The summed E-state index contributed by atoms with van der Waals surface area (Å²) in [5.41, 5.74) is -4.62. The van der Waals surface area contributed by atoms with Crippen LogP contribution in [0.4, 0.5) is 0 Å². The molecule has 8 heteroatoms. The third-order valence-corrected chi connectivity index (χ3v) is 5.62. The highest BCUT2D eigenvalue weighted by Gasteiger charge is 2.19. The maximum absolute atomic E-state index is 13.6. The van der Waals surface area contributed by atoms with Crippen LogP contribution >= 0.6 is 0 Å². The molecule has 4 aromatic carbocycles. The zero-order valence-corrected chi connectivity index (χ0v) is 19.5. The van der Waals surface area contributed by atoms with Gasteiger partial charge in [0.05, 0.1) is 43.7 Å². The van der Waals surface area contributed by atoms with Crippen molar-refractivity contribution in [3.05, 3.63) is 132 Å². The number of benzene rings is 4. The molecular formula is C30H20N2O6. The van der Waals surface area contributed by atoms with E-state index >= 15 is 0 Å². The van der Waals surface area contributed by atoms with Crippen LogP contribution in [0.3, 0.4) is 0 Å². The van der Waals surface area contributed by atoms with Crippen molar-refractivity contribution in [1.29, 1.82) is 0 Å². The topological polar surface area (TPSA) is 96.6 Å². The molecule has 0 saturated heterocycles. The highest BCUT2D eigenvalue weighted by molar-refractivity contribution is 5.98. The van der Waals surface area contributed by atoms with E-state index in [9.17, 15) is 19.2 Å². The first kappa shape index (κ1) is 13.3. The number of rotatable bonds is 5. The van der Waals surface area contributed by atoms with Crippen LogP contribution in [-0.2, 0) is 7.05 Å². The number of hydrogen-bond donors (Lipinski definition) is 0. The minimum Gasteiger partial charge on any atom is -0.457 e. The molecule has 6 rings (SSSR count). The first-order chi connectivity index (χ1) is 23.3. The van der Waals surface area contributed by atoms with Crippen LogP contribution < -0.4 is 31.7 Å². The zero-order chi connectivity index (χ0) is 37.0. The van der Waals surface area contributed by atoms with Crippen LogP contribution in [0, 0.1) is 6.92 Å². The lowest BCUT2D eigenvalue weighted by molar-refractivity contribution is 0.460. The van der Waals surface area contributed by atoms with Crippen LogP contribution in [0.1, 0.15) is 22.0 Å². The van der Waals surface area contributed by atoms with Gasteiger partial charge in [-0.2, -0.15) is 0 Å². The molecule has 0 fully saturated rings. The molecule has 0 amide bonds. The maximum Gasteiger partial charge on any atom is 0.266 e. The molecule has 0 radical (unpaired) electrons. The molecule has 186 valence electrons. The third-order valence-electron chi connectivity index (χ3n) is 5.62. The molecule has 0 aliphatic rings. The number of nitrogens with zero attached hydrogens (tertiary/aromatic N) is 2. The molecule has 0 saturated carbocycles. The largest absolute Gasteiger partial charge is 0.457 e. The SMILES string of the molecule is [2H]c1c([2H])c(C)c([2H])c(Oc2c([2H])c([2H])c([2H])c(Oc3c([2H])c([2H])c([2H])c(-n4c(=O)c5cc6c(=O)n(C)c(=O)c6cc5c4=O)c3[2H])c2[2H])c1[2H]. The molecule has 38 heavy (non-hydrogen) atoms. The fraction of sp³-hybridized carbons (Fsp3) is 0.0667. The Kier molecular flexibility index (Phi) is 3.06. The second-order valence-electron chi connectivity index (χ2n) is 8.05. The van der Waals surface area contributed by atoms with Crippen LogP contribution in [-0.4, -0.2) is 9.13 Å². The molecule has 0 bridgehead atoms. The first-order valence-corrected chi connectivity index (χ1v) is 10.9. The van der Waals surface area contributed by atoms with Gasteiger partial charge in [0.2, 0.25) is 0 Å². The maximum atomic E-state index is 13.6. The lowest BCUT2D eigenvalue weighted by atomic mass is 10.1. The van der Waals surface area contributed by atoms with E-state index in [0.29, 0.717) is 4.57 Å². The summed E-state index contributed by atoms with van der Waals surface area (Å²) in [6.07, 6.45) is 0. The molecule has 0 spiro atoms. The van der Waals surface area contributed by atoms with Gasteiger partial charge in [-0.05, 0) is 60.9 Å². The minimum atomic E-state index is -1.13. The van der Waals surface area contributed by atoms with Crippen molar-refractivity contribution < 1.29 is 25.9 Å². The lowest BCUT2D eigenvalue weighted by Gasteiger charge is -2.10. The Balaban J connectivity index is 1.57. The van der Waals surface area contributed by atoms with Gasteiger partial charge in [0.15, 0.2) is 0 Å². The smallest absolute Gasteiger partial charge is 0.266 e. The molecule has 0 aliphatic carbocycles. The summed E-state index contributed by atoms with van der Waals surface area (Å²) in [6, 6.07) is -7.77. The van der Waals surface area contributed by atoms with Gasteiger partial charge in [0.25, 0.3) is 22.2 Å². The van der Waals surface area contributed by atoms with E-state index in [1.165, 1.54) is 14.0 Å². The van der Waals surface area contributed by atoms with Gasteiger partial charge in [-0.15, -0.1) is 0 Å². The summed E-state index contributed by atoms with van der Waals surface area (Å²) in [4.78, 5) is 52.2. The van der Waals surface area contributed by atoms with E-state index in [1.54, 1.807) is 0 Å². The van der Waals surface area contributed by atoms with Gasteiger partial charge in [0.1, 0.15) is 23.0 Å². The van der Waals surface area contributed by atoms with Crippen molar-refractivity contribution in [2.75, 3.05) is 0 Å². The number of hydrogen-bond acceptors (Lipinski definition) is 6. The molecule has 0 aliphatic heterocycles. The van der Waals surface area contributed by atoms with E-state index in [1.807, 2.05) is 0 Å². The van der Waals surface area contributed by atoms with Gasteiger partial charge in [-0.1, -0.05) is 24.2 Å². The highest BCUT2D eigenvalue weighted by atomic mass is 16.5. The second-order valence-corrected chi connectivity index (χ2v) is 8.05. The van der Waals surface area contributed by atoms with Crippen LogP contribution in [0.15, 0.2) is 104 Å². The highest BCUT2D eigenvalue weighted by Crippen LogP contribution is 2.29. The van der Waals surface area contributed by atoms with Crippen LogP contribution in [0.2, 0.25) is 0 Å². The van der Waals surface area contributed by atoms with E-state index in [4.69, 9.17) is 25.9 Å². The Labute approximate surface area is 231 Å². The molecule has 2 aromatic heterocycles. The van der Waals surface area contributed by atoms with Gasteiger partial charge in [-0.25, -0.2) is 4.57 Å². The van der Waals surface area contributed by atoms with Crippen molar-refractivity contribution in [2.24, 2.45) is 7.05 Å². The summed E-state index contributed by atoms with van der Waals surface area (Å²) in [5.74, 6) is -3.33. The molecule has 0 N–H and O–H groups in total. The Morgan fingerprint density at radius 3 is 1.63 bits per heavy atom. The van der Waals surface area contributed by atoms with Crippen molar-refractivity contribution in [2.45, 2.75) is 6.92 Å². The quantitative estimate of drug-likeness (QED) is 0.338. The molecule has 6 aromatic rings. The van der Waals surface area contributed by atoms with Crippen molar-refractivity contribution >= 4 is 21.5 Å². The fourth-order valence-electron chi connectivity index (χ4n) is 3.86. The zero-order valence-electron chi connectivity index (χ0n) is 31.5. The summed E-state index contributed by atoms with van der Waals surface area (Å²) in [7, 11) is 1.22. The number of aromatic nitrogens is 2. The minimum absolute atomic E-state index is 0.0641. The number of fused-ring (bicyclic) bond motifs is 2. The molecular weight excluding hydrogens is 484 g/mol. The van der Waals surface area contributed by atoms with Crippen molar-refractivity contribution in [1.82, 2.24) is 9.13 Å². The molecule has 0 unspecified atom stereocenters. The van der Waals surface area contributed by atoms with Crippen molar-refractivity contribution in [3.8, 4) is 28.7 Å². The van der Waals surface area contributed by atoms with E-state index in [0.717, 1.165) is 16.7 Å². The Bertz CT molecular complexity index is 2640. The summed E-state index contributed by atoms with van der Waals surface area (Å²) in [6.45, 7) is 1.31. The molecule has 0 atom stereocenters. The van der Waals surface area contributed by atoms with Gasteiger partial charge in [-0.3, -0.25) is 23.7 Å².